The Hall–Kier alpha value is -1.92. The number of nitrogens with two attached hydrogens (primary N) is 1. The van der Waals surface area contributed by atoms with E-state index < -0.39 is 18.1 Å². The standard InChI is InChI=1S/C5H5N5O2/c6-4-8-2-1(3(11)10-4)7-5(12)9-2/h2H,(H,9,12)(H3,6,8,10,11). The molecule has 4 N–H and O–H groups in total. The molecule has 2 heterocycles. The molecule has 0 aliphatic carbocycles. The molecule has 0 spiro atoms. The molecule has 2 aliphatic heterocycles. The number of hydrogen-bond acceptors (Lipinski definition) is 4. The Morgan fingerprint density at radius 2 is 2.17 bits per heavy atom. The van der Waals surface area contributed by atoms with Crippen LogP contribution in [0.3, 0.4) is 0 Å². The highest BCUT2D eigenvalue weighted by molar-refractivity contribution is 6.47. The zero-order valence-corrected chi connectivity index (χ0v) is 5.87. The lowest BCUT2D eigenvalue weighted by molar-refractivity contribution is -0.113. The van der Waals surface area contributed by atoms with Crippen molar-refractivity contribution in [1.82, 2.24) is 10.6 Å². The fourth-order valence-electron chi connectivity index (χ4n) is 1.01. The van der Waals surface area contributed by atoms with Crippen LogP contribution in [0.1, 0.15) is 0 Å². The van der Waals surface area contributed by atoms with E-state index in [1.165, 1.54) is 0 Å². The molecule has 2 rings (SSSR count). The number of amides is 3. The van der Waals surface area contributed by atoms with Crippen molar-refractivity contribution in [1.29, 1.82) is 0 Å². The van der Waals surface area contributed by atoms with Gasteiger partial charge in [-0.15, -0.1) is 0 Å². The average molecular weight is 167 g/mol. The summed E-state index contributed by atoms with van der Waals surface area (Å²) in [6.45, 7) is 0. The van der Waals surface area contributed by atoms with Gasteiger partial charge in [0.2, 0.25) is 0 Å². The third kappa shape index (κ3) is 0.831. The van der Waals surface area contributed by atoms with Crippen molar-refractivity contribution < 1.29 is 9.59 Å². The highest BCUT2D eigenvalue weighted by atomic mass is 16.2. The summed E-state index contributed by atoms with van der Waals surface area (Å²) in [4.78, 5) is 28.9. The molecule has 1 unspecified atom stereocenters. The summed E-state index contributed by atoms with van der Waals surface area (Å²) in [5.41, 5.74) is 5.30. The Balaban J connectivity index is 2.41. The molecular weight excluding hydrogens is 162 g/mol. The lowest BCUT2D eigenvalue weighted by Gasteiger charge is -2.14. The maximum absolute atomic E-state index is 11.0. The zero-order valence-electron chi connectivity index (χ0n) is 5.87. The third-order valence-electron chi connectivity index (χ3n) is 1.48. The molecule has 0 aromatic rings. The van der Waals surface area contributed by atoms with Crippen LogP contribution in [0.2, 0.25) is 0 Å². The normalized spacial score (nSPS) is 26.8. The number of rotatable bonds is 0. The van der Waals surface area contributed by atoms with Crippen LogP contribution in [-0.4, -0.2) is 29.8 Å². The second kappa shape index (κ2) is 2.03. The lowest BCUT2D eigenvalue weighted by atomic mass is 10.2. The first-order valence-electron chi connectivity index (χ1n) is 3.20. The van der Waals surface area contributed by atoms with Crippen LogP contribution in [0.5, 0.6) is 0 Å². The Bertz CT molecular complexity index is 331. The van der Waals surface area contributed by atoms with Gasteiger partial charge in [0.1, 0.15) is 0 Å². The second-order valence-electron chi connectivity index (χ2n) is 2.32. The number of hydrogen-bond donors (Lipinski definition) is 3. The summed E-state index contributed by atoms with van der Waals surface area (Å²) in [5, 5.41) is 4.58. The maximum atomic E-state index is 11.0. The molecule has 7 nitrogen and oxygen atoms in total. The quantitative estimate of drug-likeness (QED) is 0.385. The third-order valence-corrected chi connectivity index (χ3v) is 1.48. The molecule has 0 fully saturated rings. The summed E-state index contributed by atoms with van der Waals surface area (Å²) in [5.74, 6) is -0.489. The van der Waals surface area contributed by atoms with Gasteiger partial charge in [0.25, 0.3) is 5.91 Å². The van der Waals surface area contributed by atoms with E-state index in [-0.39, 0.29) is 11.7 Å². The molecule has 0 saturated carbocycles. The van der Waals surface area contributed by atoms with Crippen LogP contribution in [0, 0.1) is 0 Å². The fourth-order valence-corrected chi connectivity index (χ4v) is 1.01. The molecular formula is C5H5N5O2. The number of aliphatic imine (C=N–C) groups is 2. The van der Waals surface area contributed by atoms with Gasteiger partial charge in [-0.05, 0) is 0 Å². The summed E-state index contributed by atoms with van der Waals surface area (Å²) in [6, 6.07) is -0.566. The van der Waals surface area contributed by atoms with Crippen molar-refractivity contribution in [2.24, 2.45) is 15.7 Å². The molecule has 7 heteroatoms. The van der Waals surface area contributed by atoms with E-state index in [4.69, 9.17) is 5.73 Å². The molecule has 62 valence electrons. The largest absolute Gasteiger partial charge is 0.370 e. The minimum atomic E-state index is -0.703. The smallest absolute Gasteiger partial charge is 0.343 e. The van der Waals surface area contributed by atoms with Crippen LogP contribution in [0.15, 0.2) is 9.98 Å². The van der Waals surface area contributed by atoms with Gasteiger partial charge in [-0.3, -0.25) is 10.1 Å². The average Bonchev–Trinajstić information content (AvgIpc) is 2.29. The van der Waals surface area contributed by atoms with E-state index >= 15 is 0 Å². The van der Waals surface area contributed by atoms with E-state index in [9.17, 15) is 9.59 Å². The Morgan fingerprint density at radius 3 is 2.92 bits per heavy atom. The number of carbonyl (C=O) groups is 2. The monoisotopic (exact) mass is 167 g/mol. The maximum Gasteiger partial charge on any atom is 0.343 e. The molecule has 0 aromatic heterocycles. The highest BCUT2D eigenvalue weighted by Crippen LogP contribution is 2.04. The van der Waals surface area contributed by atoms with Crippen LogP contribution < -0.4 is 16.4 Å². The fraction of sp³-hybridized carbons (Fsp3) is 0.200. The zero-order chi connectivity index (χ0) is 8.72. The highest BCUT2D eigenvalue weighted by Gasteiger charge is 2.34. The molecule has 3 amide bonds. The van der Waals surface area contributed by atoms with Gasteiger partial charge in [-0.1, -0.05) is 0 Å². The van der Waals surface area contributed by atoms with Crippen LogP contribution in [0.4, 0.5) is 4.79 Å². The number of guanidine groups is 1. The van der Waals surface area contributed by atoms with Crippen molar-refractivity contribution in [3.05, 3.63) is 0 Å². The number of carbonyl (C=O) groups excluding carboxylic acids is 2. The minimum Gasteiger partial charge on any atom is -0.370 e. The van der Waals surface area contributed by atoms with Gasteiger partial charge in [0, 0.05) is 0 Å². The van der Waals surface area contributed by atoms with Gasteiger partial charge in [0.05, 0.1) is 0 Å². The minimum absolute atomic E-state index is 0.00819. The van der Waals surface area contributed by atoms with Crippen molar-refractivity contribution in [2.75, 3.05) is 0 Å². The van der Waals surface area contributed by atoms with E-state index in [0.717, 1.165) is 0 Å². The van der Waals surface area contributed by atoms with Gasteiger partial charge < -0.3 is 11.1 Å². The summed E-state index contributed by atoms with van der Waals surface area (Å²) < 4.78 is 0. The Morgan fingerprint density at radius 1 is 1.42 bits per heavy atom. The molecule has 0 saturated heterocycles. The molecule has 0 radical (unpaired) electrons. The van der Waals surface area contributed by atoms with E-state index in [2.05, 4.69) is 20.6 Å². The van der Waals surface area contributed by atoms with Crippen LogP contribution in [0.25, 0.3) is 0 Å². The molecule has 0 bridgehead atoms. The van der Waals surface area contributed by atoms with Crippen molar-refractivity contribution >= 4 is 23.6 Å². The number of nitrogens with zero attached hydrogens (tertiary/aromatic N) is 2. The molecule has 2 aliphatic rings. The van der Waals surface area contributed by atoms with Crippen LogP contribution >= 0.6 is 0 Å². The van der Waals surface area contributed by atoms with Crippen molar-refractivity contribution in [3.63, 3.8) is 0 Å². The lowest BCUT2D eigenvalue weighted by Crippen LogP contribution is -2.51. The van der Waals surface area contributed by atoms with Gasteiger partial charge in [0.15, 0.2) is 17.8 Å². The Kier molecular flexibility index (Phi) is 1.15. The van der Waals surface area contributed by atoms with Crippen molar-refractivity contribution in [3.8, 4) is 0 Å². The first-order valence-corrected chi connectivity index (χ1v) is 3.20. The van der Waals surface area contributed by atoms with Gasteiger partial charge in [-0.2, -0.15) is 4.99 Å². The van der Waals surface area contributed by atoms with E-state index in [1.54, 1.807) is 0 Å². The summed E-state index contributed by atoms with van der Waals surface area (Å²) in [6.07, 6.45) is -0.703. The predicted molar refractivity (Wildman–Crippen MR) is 39.5 cm³/mol. The van der Waals surface area contributed by atoms with Crippen LogP contribution in [-0.2, 0) is 4.79 Å². The second-order valence-corrected chi connectivity index (χ2v) is 2.32. The Labute approximate surface area is 66.7 Å². The first kappa shape index (κ1) is 6.77. The van der Waals surface area contributed by atoms with E-state index in [1.807, 2.05) is 0 Å². The molecule has 12 heavy (non-hydrogen) atoms. The summed E-state index contributed by atoms with van der Waals surface area (Å²) in [7, 11) is 0. The number of urea groups is 1. The predicted octanol–water partition coefficient (Wildman–Crippen LogP) is -2.08. The van der Waals surface area contributed by atoms with Gasteiger partial charge >= 0.3 is 6.03 Å². The molecule has 0 aromatic carbocycles. The van der Waals surface area contributed by atoms with E-state index in [0.29, 0.717) is 0 Å². The number of nitrogens with one attached hydrogen (secondary N) is 2. The first-order chi connectivity index (χ1) is 5.66. The molecule has 1 atom stereocenters. The van der Waals surface area contributed by atoms with Gasteiger partial charge in [-0.25, -0.2) is 9.79 Å². The number of fused-ring (bicyclic) bond motifs is 1. The SMILES string of the molecule is NC1=NC2NC(=O)N=C2C(=O)N1. The van der Waals surface area contributed by atoms with Crippen molar-refractivity contribution in [2.45, 2.75) is 6.17 Å². The topological polar surface area (TPSA) is 109 Å². The summed E-state index contributed by atoms with van der Waals surface area (Å²) >= 11 is 0.